The molecular formula is C16H26N4O2S. The molecule has 2 aliphatic heterocycles. The van der Waals surface area contributed by atoms with Gasteiger partial charge in [0.1, 0.15) is 5.82 Å². The number of piperidine rings is 2. The molecule has 0 aromatic carbocycles. The molecule has 2 saturated heterocycles. The van der Waals surface area contributed by atoms with Gasteiger partial charge in [0.05, 0.1) is 6.61 Å². The maximum atomic E-state index is 12.6. The standard InChI is InChI=1S/C16H26N4O2S/c1-22-12-7-14-17-16(23-18-14)20-10-5-13(6-11-20)15(21)19-8-3-2-4-9-19/h13H,2-12H2,1H3. The fraction of sp³-hybridized carbons (Fsp3) is 0.812. The fourth-order valence-electron chi connectivity index (χ4n) is 3.36. The number of carbonyl (C=O) groups excluding carboxylic acids is 1. The van der Waals surface area contributed by atoms with Crippen molar-refractivity contribution in [1.82, 2.24) is 14.3 Å². The normalized spacial score (nSPS) is 20.0. The Hall–Kier alpha value is -1.21. The number of nitrogens with zero attached hydrogens (tertiary/aromatic N) is 4. The Bertz CT molecular complexity index is 508. The molecule has 0 bridgehead atoms. The zero-order valence-electron chi connectivity index (χ0n) is 13.9. The van der Waals surface area contributed by atoms with E-state index in [0.717, 1.165) is 56.4 Å². The van der Waals surface area contributed by atoms with Gasteiger partial charge >= 0.3 is 0 Å². The summed E-state index contributed by atoms with van der Waals surface area (Å²) < 4.78 is 9.46. The van der Waals surface area contributed by atoms with E-state index in [1.165, 1.54) is 30.8 Å². The molecule has 0 N–H and O–H groups in total. The minimum atomic E-state index is 0.199. The van der Waals surface area contributed by atoms with Gasteiger partial charge < -0.3 is 14.5 Å². The molecule has 0 radical (unpaired) electrons. The van der Waals surface area contributed by atoms with Gasteiger partial charge in [-0.05, 0) is 32.1 Å². The Morgan fingerprint density at radius 1 is 1.22 bits per heavy atom. The Morgan fingerprint density at radius 2 is 1.96 bits per heavy atom. The van der Waals surface area contributed by atoms with E-state index in [2.05, 4.69) is 19.2 Å². The van der Waals surface area contributed by atoms with E-state index in [9.17, 15) is 4.79 Å². The highest BCUT2D eigenvalue weighted by molar-refractivity contribution is 7.09. The Labute approximate surface area is 142 Å². The first-order valence-electron chi connectivity index (χ1n) is 8.63. The van der Waals surface area contributed by atoms with Crippen molar-refractivity contribution in [2.75, 3.05) is 44.8 Å². The maximum Gasteiger partial charge on any atom is 0.225 e. The van der Waals surface area contributed by atoms with Crippen LogP contribution in [-0.2, 0) is 16.0 Å². The molecule has 1 amide bonds. The molecule has 128 valence electrons. The maximum absolute atomic E-state index is 12.6. The van der Waals surface area contributed by atoms with E-state index in [1.807, 2.05) is 0 Å². The van der Waals surface area contributed by atoms with E-state index < -0.39 is 0 Å². The molecule has 2 aliphatic rings. The van der Waals surface area contributed by atoms with Crippen LogP contribution in [0.15, 0.2) is 0 Å². The zero-order valence-corrected chi connectivity index (χ0v) is 14.7. The lowest BCUT2D eigenvalue weighted by Gasteiger charge is -2.35. The first-order valence-corrected chi connectivity index (χ1v) is 9.40. The molecule has 0 unspecified atom stereocenters. The first kappa shape index (κ1) is 16.6. The van der Waals surface area contributed by atoms with Crippen molar-refractivity contribution in [3.8, 4) is 0 Å². The third kappa shape index (κ3) is 4.20. The number of hydrogen-bond donors (Lipinski definition) is 0. The Balaban J connectivity index is 1.49. The highest BCUT2D eigenvalue weighted by atomic mass is 32.1. The highest BCUT2D eigenvalue weighted by Gasteiger charge is 2.30. The molecule has 1 aromatic rings. The van der Waals surface area contributed by atoms with Crippen LogP contribution < -0.4 is 4.90 Å². The summed E-state index contributed by atoms with van der Waals surface area (Å²) >= 11 is 1.46. The third-order valence-corrected chi connectivity index (χ3v) is 5.58. The van der Waals surface area contributed by atoms with E-state index in [-0.39, 0.29) is 5.92 Å². The van der Waals surface area contributed by atoms with Crippen LogP contribution in [-0.4, -0.2) is 60.1 Å². The molecular weight excluding hydrogens is 312 g/mol. The molecule has 0 spiro atoms. The molecule has 3 heterocycles. The van der Waals surface area contributed by atoms with Crippen LogP contribution in [0, 0.1) is 5.92 Å². The van der Waals surface area contributed by atoms with E-state index >= 15 is 0 Å². The summed E-state index contributed by atoms with van der Waals surface area (Å²) in [6.45, 7) is 4.38. The van der Waals surface area contributed by atoms with Gasteiger partial charge in [-0.2, -0.15) is 4.37 Å². The number of ether oxygens (including phenoxy) is 1. The van der Waals surface area contributed by atoms with Crippen LogP contribution in [0.5, 0.6) is 0 Å². The lowest BCUT2D eigenvalue weighted by molar-refractivity contribution is -0.137. The number of aromatic nitrogens is 2. The van der Waals surface area contributed by atoms with Crippen molar-refractivity contribution in [3.05, 3.63) is 5.82 Å². The van der Waals surface area contributed by atoms with Gasteiger partial charge in [-0.25, -0.2) is 4.98 Å². The highest BCUT2D eigenvalue weighted by Crippen LogP contribution is 2.26. The largest absolute Gasteiger partial charge is 0.384 e. The lowest BCUT2D eigenvalue weighted by atomic mass is 9.94. The van der Waals surface area contributed by atoms with Crippen molar-refractivity contribution in [2.24, 2.45) is 5.92 Å². The molecule has 0 aliphatic carbocycles. The van der Waals surface area contributed by atoms with Crippen molar-refractivity contribution in [1.29, 1.82) is 0 Å². The molecule has 0 atom stereocenters. The van der Waals surface area contributed by atoms with E-state index in [1.54, 1.807) is 7.11 Å². The second kappa shape index (κ2) is 8.06. The summed E-state index contributed by atoms with van der Waals surface area (Å²) in [7, 11) is 1.69. The zero-order chi connectivity index (χ0) is 16.1. The van der Waals surface area contributed by atoms with Crippen LogP contribution in [0.1, 0.15) is 37.9 Å². The predicted molar refractivity (Wildman–Crippen MR) is 90.9 cm³/mol. The van der Waals surface area contributed by atoms with Crippen molar-refractivity contribution in [3.63, 3.8) is 0 Å². The molecule has 0 saturated carbocycles. The summed E-state index contributed by atoms with van der Waals surface area (Å²) in [4.78, 5) is 21.5. The van der Waals surface area contributed by atoms with Crippen LogP contribution in [0.3, 0.4) is 0 Å². The van der Waals surface area contributed by atoms with Gasteiger partial charge in [0.2, 0.25) is 11.0 Å². The first-order chi connectivity index (χ1) is 11.3. The molecule has 23 heavy (non-hydrogen) atoms. The summed E-state index contributed by atoms with van der Waals surface area (Å²) in [5.74, 6) is 1.44. The van der Waals surface area contributed by atoms with Gasteiger partial charge in [-0.3, -0.25) is 4.79 Å². The van der Waals surface area contributed by atoms with Gasteiger partial charge in [0.15, 0.2) is 0 Å². The van der Waals surface area contributed by atoms with E-state index in [0.29, 0.717) is 12.5 Å². The second-order valence-electron chi connectivity index (χ2n) is 6.38. The van der Waals surface area contributed by atoms with Crippen LogP contribution in [0.4, 0.5) is 5.13 Å². The molecule has 3 rings (SSSR count). The third-order valence-electron chi connectivity index (χ3n) is 4.77. The van der Waals surface area contributed by atoms with Crippen molar-refractivity contribution >= 4 is 22.6 Å². The predicted octanol–water partition coefficient (Wildman–Crippen LogP) is 1.96. The topological polar surface area (TPSA) is 58.6 Å². The quantitative estimate of drug-likeness (QED) is 0.821. The monoisotopic (exact) mass is 338 g/mol. The minimum absolute atomic E-state index is 0.199. The average molecular weight is 338 g/mol. The van der Waals surface area contributed by atoms with E-state index in [4.69, 9.17) is 4.74 Å². The Kier molecular flexibility index (Phi) is 5.83. The Morgan fingerprint density at radius 3 is 2.65 bits per heavy atom. The summed E-state index contributed by atoms with van der Waals surface area (Å²) in [5.41, 5.74) is 0. The number of hydrogen-bond acceptors (Lipinski definition) is 6. The minimum Gasteiger partial charge on any atom is -0.384 e. The van der Waals surface area contributed by atoms with Crippen molar-refractivity contribution < 1.29 is 9.53 Å². The smallest absolute Gasteiger partial charge is 0.225 e. The molecule has 6 nitrogen and oxygen atoms in total. The van der Waals surface area contributed by atoms with Gasteiger partial charge in [0, 0.05) is 57.2 Å². The number of anilines is 1. The second-order valence-corrected chi connectivity index (χ2v) is 7.11. The summed E-state index contributed by atoms with van der Waals surface area (Å²) in [6, 6.07) is 0. The van der Waals surface area contributed by atoms with Crippen LogP contribution >= 0.6 is 11.5 Å². The fourth-order valence-corrected chi connectivity index (χ4v) is 4.12. The number of carbonyl (C=O) groups is 1. The van der Waals surface area contributed by atoms with Gasteiger partial charge in [-0.1, -0.05) is 0 Å². The lowest BCUT2D eigenvalue weighted by Crippen LogP contribution is -2.44. The average Bonchev–Trinajstić information content (AvgIpc) is 3.09. The number of amides is 1. The van der Waals surface area contributed by atoms with Crippen molar-refractivity contribution in [2.45, 2.75) is 38.5 Å². The summed E-state index contributed by atoms with van der Waals surface area (Å²) in [6.07, 6.45) is 6.23. The molecule has 2 fully saturated rings. The number of rotatable bonds is 5. The molecule has 1 aromatic heterocycles. The number of likely N-dealkylation sites (tertiary alicyclic amines) is 1. The van der Waals surface area contributed by atoms with Gasteiger partial charge in [0.25, 0.3) is 0 Å². The van der Waals surface area contributed by atoms with Gasteiger partial charge in [-0.15, -0.1) is 0 Å². The SMILES string of the molecule is COCCc1nsc(N2CCC(C(=O)N3CCCCC3)CC2)n1. The van der Waals surface area contributed by atoms with Crippen LogP contribution in [0.2, 0.25) is 0 Å². The summed E-state index contributed by atoms with van der Waals surface area (Å²) in [5, 5.41) is 0.986. The number of methoxy groups -OCH3 is 1. The molecule has 7 heteroatoms. The van der Waals surface area contributed by atoms with Crippen LogP contribution in [0.25, 0.3) is 0 Å².